The molecule has 11 heavy (non-hydrogen) atoms. The molecule has 0 saturated carbocycles. The Balaban J connectivity index is 0. The maximum absolute atomic E-state index is 10.7. The summed E-state index contributed by atoms with van der Waals surface area (Å²) >= 11 is 0. The molecule has 0 aliphatic heterocycles. The lowest BCUT2D eigenvalue weighted by Gasteiger charge is -2.00. The van der Waals surface area contributed by atoms with Gasteiger partial charge in [-0.3, -0.25) is 4.18 Å². The van der Waals surface area contributed by atoms with Gasteiger partial charge >= 0.3 is 0 Å². The van der Waals surface area contributed by atoms with E-state index in [1.54, 1.807) is 6.92 Å². The Labute approximate surface area is 67.1 Å². The van der Waals surface area contributed by atoms with E-state index in [9.17, 15) is 8.42 Å². The molecule has 0 rings (SSSR count). The molecule has 0 radical (unpaired) electrons. The van der Waals surface area contributed by atoms with Crippen LogP contribution in [-0.4, -0.2) is 32.5 Å². The van der Waals surface area contributed by atoms with Gasteiger partial charge in [0.15, 0.2) is 0 Å². The molecular weight excluding hydrogens is 170 g/mol. The van der Waals surface area contributed by atoms with Crippen molar-refractivity contribution in [2.45, 2.75) is 13.3 Å². The van der Waals surface area contributed by atoms with E-state index in [2.05, 4.69) is 4.18 Å². The van der Waals surface area contributed by atoms with Crippen LogP contribution in [0, 0.1) is 0 Å². The van der Waals surface area contributed by atoms with E-state index < -0.39 is 10.1 Å². The first kappa shape index (κ1) is 13.4. The Hall–Kier alpha value is -0.170. The zero-order valence-corrected chi connectivity index (χ0v) is 7.43. The third-order valence-electron chi connectivity index (χ3n) is 0.808. The molecule has 70 valence electrons. The molecule has 5 nitrogen and oxygen atoms in total. The third-order valence-corrected chi connectivity index (χ3v) is 2.24. The Bertz CT molecular complexity index is 165. The number of rotatable bonds is 5. The Morgan fingerprint density at radius 1 is 1.45 bits per heavy atom. The van der Waals surface area contributed by atoms with E-state index in [1.165, 1.54) is 0 Å². The van der Waals surface area contributed by atoms with Gasteiger partial charge in [0.1, 0.15) is 0 Å². The highest BCUT2D eigenvalue weighted by Crippen LogP contribution is 1.94. The van der Waals surface area contributed by atoms with Crippen LogP contribution in [0.5, 0.6) is 0 Å². The van der Waals surface area contributed by atoms with Gasteiger partial charge in [-0.2, -0.15) is 8.42 Å². The van der Waals surface area contributed by atoms with E-state index in [1.807, 2.05) is 0 Å². The lowest BCUT2D eigenvalue weighted by molar-refractivity contribution is 0.205. The molecule has 0 saturated heterocycles. The first-order valence-corrected chi connectivity index (χ1v) is 4.68. The van der Waals surface area contributed by atoms with Crippen molar-refractivity contribution in [2.75, 3.05) is 19.0 Å². The molecule has 4 N–H and O–H groups in total. The zero-order chi connectivity index (χ0) is 8.04. The standard InChI is InChI=1S/C5H12O4S.H3N/c1-2-5-10(7,8)9-4-3-6;/h6H,2-5H2,1H3;1H3. The minimum absolute atomic E-state index is 0. The van der Waals surface area contributed by atoms with Gasteiger partial charge in [0, 0.05) is 0 Å². The van der Waals surface area contributed by atoms with E-state index in [4.69, 9.17) is 5.11 Å². The number of hydrogen-bond donors (Lipinski definition) is 2. The Kier molecular flexibility index (Phi) is 7.97. The largest absolute Gasteiger partial charge is 0.394 e. The molecule has 0 aliphatic rings. The summed E-state index contributed by atoms with van der Waals surface area (Å²) in [7, 11) is -3.35. The molecule has 0 aromatic rings. The lowest BCUT2D eigenvalue weighted by atomic mass is 10.6. The molecule has 6 heteroatoms. The van der Waals surface area contributed by atoms with Crippen LogP contribution in [-0.2, 0) is 14.3 Å². The normalized spacial score (nSPS) is 10.7. The van der Waals surface area contributed by atoms with Crippen LogP contribution in [0.2, 0.25) is 0 Å². The molecule has 0 unspecified atom stereocenters. The van der Waals surface area contributed by atoms with Crippen molar-refractivity contribution in [3.8, 4) is 0 Å². The SMILES string of the molecule is CCCS(=O)(=O)OCCO.N. The minimum Gasteiger partial charge on any atom is -0.394 e. The second-order valence-electron chi connectivity index (χ2n) is 1.81. The van der Waals surface area contributed by atoms with Gasteiger partial charge < -0.3 is 11.3 Å². The third kappa shape index (κ3) is 7.73. The monoisotopic (exact) mass is 185 g/mol. The quantitative estimate of drug-likeness (QED) is 0.582. The predicted molar refractivity (Wildman–Crippen MR) is 42.1 cm³/mol. The van der Waals surface area contributed by atoms with Crippen LogP contribution in [0.25, 0.3) is 0 Å². The number of hydrogen-bond acceptors (Lipinski definition) is 5. The summed E-state index contributed by atoms with van der Waals surface area (Å²) in [6.45, 7) is 1.35. The van der Waals surface area contributed by atoms with Crippen LogP contribution < -0.4 is 6.15 Å². The van der Waals surface area contributed by atoms with Crippen molar-refractivity contribution in [3.63, 3.8) is 0 Å². The summed E-state index contributed by atoms with van der Waals surface area (Å²) in [6.07, 6.45) is 0.535. The number of aliphatic hydroxyl groups is 1. The molecule has 0 bridgehead atoms. The van der Waals surface area contributed by atoms with Gasteiger partial charge in [-0.05, 0) is 6.42 Å². The lowest BCUT2D eigenvalue weighted by Crippen LogP contribution is -2.12. The Morgan fingerprint density at radius 3 is 2.36 bits per heavy atom. The fourth-order valence-corrected chi connectivity index (χ4v) is 1.42. The van der Waals surface area contributed by atoms with E-state index >= 15 is 0 Å². The second kappa shape index (κ2) is 6.53. The average Bonchev–Trinajstić information content (AvgIpc) is 1.84. The topological polar surface area (TPSA) is 98.6 Å². The smallest absolute Gasteiger partial charge is 0.267 e. The predicted octanol–water partition coefficient (Wildman–Crippen LogP) is -0.103. The maximum atomic E-state index is 10.7. The first-order valence-electron chi connectivity index (χ1n) is 3.10. The van der Waals surface area contributed by atoms with Gasteiger partial charge in [0.25, 0.3) is 10.1 Å². The van der Waals surface area contributed by atoms with E-state index in [0.717, 1.165) is 0 Å². The summed E-state index contributed by atoms with van der Waals surface area (Å²) in [4.78, 5) is 0. The molecule has 0 atom stereocenters. The van der Waals surface area contributed by atoms with Crippen LogP contribution in [0.4, 0.5) is 0 Å². The van der Waals surface area contributed by atoms with Gasteiger partial charge in [-0.15, -0.1) is 0 Å². The van der Waals surface area contributed by atoms with Gasteiger partial charge in [-0.25, -0.2) is 0 Å². The molecular formula is C5H15NO4S. The summed E-state index contributed by atoms with van der Waals surface area (Å²) in [5, 5.41) is 8.21. The summed E-state index contributed by atoms with van der Waals surface area (Å²) in [6, 6.07) is 0. The van der Waals surface area contributed by atoms with Crippen LogP contribution >= 0.6 is 0 Å². The fourth-order valence-electron chi connectivity index (χ4n) is 0.473. The van der Waals surface area contributed by atoms with Crippen molar-refractivity contribution in [1.29, 1.82) is 0 Å². The minimum atomic E-state index is -3.35. The summed E-state index contributed by atoms with van der Waals surface area (Å²) < 4.78 is 25.7. The van der Waals surface area contributed by atoms with Crippen molar-refractivity contribution in [2.24, 2.45) is 0 Å². The van der Waals surface area contributed by atoms with E-state index in [-0.39, 0.29) is 25.1 Å². The van der Waals surface area contributed by atoms with Gasteiger partial charge in [-0.1, -0.05) is 6.92 Å². The molecule has 0 fully saturated rings. The zero-order valence-electron chi connectivity index (χ0n) is 6.62. The maximum Gasteiger partial charge on any atom is 0.267 e. The van der Waals surface area contributed by atoms with Crippen molar-refractivity contribution in [1.82, 2.24) is 6.15 Å². The molecule has 0 aromatic heterocycles. The first-order chi connectivity index (χ1) is 4.62. The Morgan fingerprint density at radius 2 is 2.00 bits per heavy atom. The summed E-state index contributed by atoms with van der Waals surface area (Å²) in [5.74, 6) is 0.0208. The summed E-state index contributed by atoms with van der Waals surface area (Å²) in [5.41, 5.74) is 0. The van der Waals surface area contributed by atoms with Crippen molar-refractivity contribution >= 4 is 10.1 Å². The second-order valence-corrected chi connectivity index (χ2v) is 3.57. The molecule has 0 aliphatic carbocycles. The van der Waals surface area contributed by atoms with Crippen molar-refractivity contribution in [3.05, 3.63) is 0 Å². The average molecular weight is 185 g/mol. The molecule has 0 amide bonds. The number of aliphatic hydroxyl groups excluding tert-OH is 1. The van der Waals surface area contributed by atoms with Gasteiger partial charge in [0.05, 0.1) is 19.0 Å². The molecule has 0 spiro atoms. The molecule has 0 heterocycles. The van der Waals surface area contributed by atoms with Crippen LogP contribution in [0.15, 0.2) is 0 Å². The highest BCUT2D eigenvalue weighted by molar-refractivity contribution is 7.86. The van der Waals surface area contributed by atoms with Crippen LogP contribution in [0.1, 0.15) is 13.3 Å². The van der Waals surface area contributed by atoms with E-state index in [0.29, 0.717) is 6.42 Å². The van der Waals surface area contributed by atoms with Crippen LogP contribution in [0.3, 0.4) is 0 Å². The van der Waals surface area contributed by atoms with Crippen molar-refractivity contribution < 1.29 is 17.7 Å². The fraction of sp³-hybridized carbons (Fsp3) is 1.00. The van der Waals surface area contributed by atoms with Gasteiger partial charge in [0.2, 0.25) is 0 Å². The highest BCUT2D eigenvalue weighted by Gasteiger charge is 2.07. The highest BCUT2D eigenvalue weighted by atomic mass is 32.2. The molecule has 0 aromatic carbocycles.